The third-order valence-electron chi connectivity index (χ3n) is 4.14. The van der Waals surface area contributed by atoms with Crippen molar-refractivity contribution in [3.63, 3.8) is 0 Å². The lowest BCUT2D eigenvalue weighted by molar-refractivity contribution is 0.109. The summed E-state index contributed by atoms with van der Waals surface area (Å²) in [5.74, 6) is 4.29. The second-order valence-electron chi connectivity index (χ2n) is 5.36. The maximum Gasteiger partial charge on any atom is -0.0383 e. The van der Waals surface area contributed by atoms with Crippen molar-refractivity contribution < 1.29 is 0 Å². The van der Waals surface area contributed by atoms with E-state index in [9.17, 15) is 0 Å². The van der Waals surface area contributed by atoms with E-state index in [0.717, 1.165) is 23.7 Å². The van der Waals surface area contributed by atoms with Crippen molar-refractivity contribution in [2.24, 2.45) is 23.7 Å². The molecule has 0 aromatic rings. The van der Waals surface area contributed by atoms with Gasteiger partial charge < -0.3 is 0 Å². The van der Waals surface area contributed by atoms with Gasteiger partial charge in [0, 0.05) is 0 Å². The predicted octanol–water partition coefficient (Wildman–Crippen LogP) is 3.86. The minimum atomic E-state index is 1.03. The van der Waals surface area contributed by atoms with Gasteiger partial charge in [-0.3, -0.25) is 0 Å². The zero-order valence-electron chi connectivity index (χ0n) is 8.55. The summed E-state index contributed by atoms with van der Waals surface area (Å²) >= 11 is 0. The minimum Gasteiger partial charge on any atom is -0.0625 e. The molecule has 2 saturated carbocycles. The molecule has 0 radical (unpaired) electrons. The largest absolute Gasteiger partial charge is 0.0625 e. The van der Waals surface area contributed by atoms with E-state index in [0.29, 0.717) is 0 Å². The number of fused-ring (bicyclic) bond motifs is 1. The van der Waals surface area contributed by atoms with Crippen LogP contribution in [-0.2, 0) is 0 Å². The van der Waals surface area contributed by atoms with E-state index in [2.05, 4.69) is 13.8 Å². The first-order chi connectivity index (χ1) is 5.75. The summed E-state index contributed by atoms with van der Waals surface area (Å²) in [5.41, 5.74) is 0. The zero-order valence-corrected chi connectivity index (χ0v) is 8.55. The Morgan fingerprint density at radius 3 is 1.50 bits per heavy atom. The summed E-state index contributed by atoms with van der Waals surface area (Å²) in [6.07, 6.45) is 9.17. The van der Waals surface area contributed by atoms with Crippen molar-refractivity contribution in [1.29, 1.82) is 0 Å². The molecule has 0 spiro atoms. The van der Waals surface area contributed by atoms with E-state index in [4.69, 9.17) is 0 Å². The van der Waals surface area contributed by atoms with Crippen LogP contribution in [-0.4, -0.2) is 0 Å². The topological polar surface area (TPSA) is 0 Å². The van der Waals surface area contributed by atoms with Crippen LogP contribution in [0.5, 0.6) is 0 Å². The molecule has 2 aliphatic carbocycles. The van der Waals surface area contributed by atoms with Gasteiger partial charge in [0.05, 0.1) is 0 Å². The normalized spacial score (nSPS) is 48.5. The van der Waals surface area contributed by atoms with Crippen molar-refractivity contribution in [2.45, 2.75) is 52.4 Å². The van der Waals surface area contributed by atoms with Crippen LogP contribution in [0.2, 0.25) is 0 Å². The van der Waals surface area contributed by atoms with E-state index in [-0.39, 0.29) is 0 Å². The van der Waals surface area contributed by atoms with Crippen molar-refractivity contribution in [2.75, 3.05) is 0 Å². The Labute approximate surface area is 76.7 Å². The Hall–Kier alpha value is 0. The van der Waals surface area contributed by atoms with Gasteiger partial charge in [0.1, 0.15) is 0 Å². The summed E-state index contributed by atoms with van der Waals surface area (Å²) in [7, 11) is 0. The number of hydrogen-bond donors (Lipinski definition) is 0. The van der Waals surface area contributed by atoms with Gasteiger partial charge >= 0.3 is 0 Å². The fourth-order valence-electron chi connectivity index (χ4n) is 3.36. The monoisotopic (exact) mass is 166 g/mol. The Morgan fingerprint density at radius 1 is 0.667 bits per heavy atom. The molecule has 0 saturated heterocycles. The molecule has 2 fully saturated rings. The molecule has 0 heterocycles. The Kier molecular flexibility index (Phi) is 2.43. The highest BCUT2D eigenvalue weighted by Gasteiger charge is 2.32. The molecule has 2 unspecified atom stereocenters. The summed E-state index contributed by atoms with van der Waals surface area (Å²) in [6.45, 7) is 4.88. The van der Waals surface area contributed by atoms with Crippen molar-refractivity contribution in [3.8, 4) is 0 Å². The predicted molar refractivity (Wildman–Crippen MR) is 53.0 cm³/mol. The van der Waals surface area contributed by atoms with Crippen LogP contribution in [0.1, 0.15) is 52.4 Å². The number of hydrogen-bond acceptors (Lipinski definition) is 0. The fourth-order valence-corrected chi connectivity index (χ4v) is 3.36. The highest BCUT2D eigenvalue weighted by molar-refractivity contribution is 4.83. The van der Waals surface area contributed by atoms with Gasteiger partial charge in [0.2, 0.25) is 0 Å². The van der Waals surface area contributed by atoms with E-state index < -0.39 is 0 Å². The molecule has 0 heteroatoms. The van der Waals surface area contributed by atoms with Gasteiger partial charge in [0.15, 0.2) is 0 Å². The molecule has 0 aromatic heterocycles. The molecule has 4 atom stereocenters. The third-order valence-corrected chi connectivity index (χ3v) is 4.14. The zero-order chi connectivity index (χ0) is 8.55. The molecule has 0 bridgehead atoms. The lowest BCUT2D eigenvalue weighted by Crippen LogP contribution is -2.29. The summed E-state index contributed by atoms with van der Waals surface area (Å²) in [4.78, 5) is 0. The van der Waals surface area contributed by atoms with Crippen LogP contribution < -0.4 is 0 Å². The van der Waals surface area contributed by atoms with Crippen LogP contribution in [0.25, 0.3) is 0 Å². The Bertz CT molecular complexity index is 132. The second kappa shape index (κ2) is 3.40. The van der Waals surface area contributed by atoms with Crippen LogP contribution >= 0.6 is 0 Å². The van der Waals surface area contributed by atoms with Gasteiger partial charge in [-0.2, -0.15) is 0 Å². The minimum absolute atomic E-state index is 1.03. The summed E-state index contributed by atoms with van der Waals surface area (Å²) < 4.78 is 0. The lowest BCUT2D eigenvalue weighted by atomic mass is 9.65. The van der Waals surface area contributed by atoms with Crippen LogP contribution in [0.4, 0.5) is 0 Å². The average molecular weight is 166 g/mol. The van der Waals surface area contributed by atoms with Gasteiger partial charge in [-0.05, 0) is 49.4 Å². The van der Waals surface area contributed by atoms with Crippen LogP contribution in [0, 0.1) is 23.7 Å². The molecule has 2 rings (SSSR count). The van der Waals surface area contributed by atoms with E-state index in [1.54, 1.807) is 0 Å². The SMILES string of the molecule is C[C@H]1CCC2C[C@@H](C)CCC2C1. The van der Waals surface area contributed by atoms with Gasteiger partial charge in [0.25, 0.3) is 0 Å². The first kappa shape index (κ1) is 8.59. The fraction of sp³-hybridized carbons (Fsp3) is 1.00. The standard InChI is InChI=1S/C12H22/c1-9-3-5-12-8-10(2)4-6-11(12)7-9/h9-12H,3-8H2,1-2H3/t9-,10-,11?,12?/m0/s1. The lowest BCUT2D eigenvalue weighted by Gasteiger charge is -2.40. The molecular formula is C12H22. The third kappa shape index (κ3) is 1.67. The number of rotatable bonds is 0. The highest BCUT2D eigenvalue weighted by atomic mass is 14.4. The first-order valence-corrected chi connectivity index (χ1v) is 5.75. The van der Waals surface area contributed by atoms with Crippen LogP contribution in [0.3, 0.4) is 0 Å². The average Bonchev–Trinajstić information content (AvgIpc) is 2.05. The highest BCUT2D eigenvalue weighted by Crippen LogP contribution is 2.44. The van der Waals surface area contributed by atoms with Crippen LogP contribution in [0.15, 0.2) is 0 Å². The molecular weight excluding hydrogens is 144 g/mol. The molecule has 0 aliphatic heterocycles. The van der Waals surface area contributed by atoms with Crippen molar-refractivity contribution in [3.05, 3.63) is 0 Å². The van der Waals surface area contributed by atoms with E-state index >= 15 is 0 Å². The first-order valence-electron chi connectivity index (χ1n) is 5.75. The molecule has 0 aromatic carbocycles. The van der Waals surface area contributed by atoms with E-state index in [1.165, 1.54) is 38.5 Å². The maximum atomic E-state index is 2.44. The van der Waals surface area contributed by atoms with Crippen molar-refractivity contribution in [1.82, 2.24) is 0 Å². The summed E-state index contributed by atoms with van der Waals surface area (Å²) in [5, 5.41) is 0. The summed E-state index contributed by atoms with van der Waals surface area (Å²) in [6, 6.07) is 0. The molecule has 0 N–H and O–H groups in total. The quantitative estimate of drug-likeness (QED) is 0.512. The maximum absolute atomic E-state index is 2.44. The molecule has 12 heavy (non-hydrogen) atoms. The Morgan fingerprint density at radius 2 is 1.08 bits per heavy atom. The molecule has 0 nitrogen and oxygen atoms in total. The smallest absolute Gasteiger partial charge is 0.0383 e. The van der Waals surface area contributed by atoms with Crippen molar-refractivity contribution >= 4 is 0 Å². The second-order valence-corrected chi connectivity index (χ2v) is 5.36. The van der Waals surface area contributed by atoms with Gasteiger partial charge in [-0.25, -0.2) is 0 Å². The molecule has 0 amide bonds. The molecule has 70 valence electrons. The molecule has 2 aliphatic rings. The van der Waals surface area contributed by atoms with Gasteiger partial charge in [-0.15, -0.1) is 0 Å². The van der Waals surface area contributed by atoms with Gasteiger partial charge in [-0.1, -0.05) is 26.7 Å². The Balaban J connectivity index is 1.94. The van der Waals surface area contributed by atoms with E-state index in [1.807, 2.05) is 0 Å².